The predicted molar refractivity (Wildman–Crippen MR) is 96.1 cm³/mol. The number of nitrogens with one attached hydrogen (secondary N) is 2. The number of aliphatic imine (C=N–C) groups is 1. The molecule has 1 aromatic rings. The molecule has 5 nitrogen and oxygen atoms in total. The number of nitrogens with zero attached hydrogens (tertiary/aromatic N) is 1. The Morgan fingerprint density at radius 2 is 2.04 bits per heavy atom. The highest BCUT2D eigenvalue weighted by Gasteiger charge is 2.11. The molecule has 0 saturated heterocycles. The average molecular weight is 362 g/mol. The van der Waals surface area contributed by atoms with Crippen LogP contribution in [0.2, 0.25) is 0 Å². The fourth-order valence-corrected chi connectivity index (χ4v) is 3.00. The van der Waals surface area contributed by atoms with Crippen LogP contribution in [0.3, 0.4) is 0 Å². The maximum atomic E-state index is 13.5. The van der Waals surface area contributed by atoms with E-state index >= 15 is 0 Å². The van der Waals surface area contributed by atoms with E-state index < -0.39 is 15.7 Å². The molecule has 2 N–H and O–H groups in total. The fourth-order valence-electron chi connectivity index (χ4n) is 1.91. The van der Waals surface area contributed by atoms with Gasteiger partial charge in [-0.25, -0.2) is 12.8 Å². The number of sulfone groups is 1. The standard InChI is InChI=1S/C15H24FN3O2S2/c1-11(22-3)8-18-15(17-2)19-9-13-7-14(16)6-5-12(13)10-23(4,20)21/h5-7,11H,8-10H2,1-4H3,(H2,17,18,19). The molecule has 1 aromatic carbocycles. The zero-order valence-corrected chi connectivity index (χ0v) is 15.5. The number of halogens is 1. The largest absolute Gasteiger partial charge is 0.355 e. The molecule has 0 aliphatic rings. The van der Waals surface area contributed by atoms with E-state index in [1.807, 2.05) is 6.26 Å². The Labute approximate surface area is 142 Å². The summed E-state index contributed by atoms with van der Waals surface area (Å²) in [5.41, 5.74) is 1.20. The number of hydrogen-bond donors (Lipinski definition) is 2. The highest BCUT2D eigenvalue weighted by molar-refractivity contribution is 7.99. The van der Waals surface area contributed by atoms with Crippen LogP contribution in [0.15, 0.2) is 23.2 Å². The van der Waals surface area contributed by atoms with Gasteiger partial charge in [0, 0.05) is 31.6 Å². The van der Waals surface area contributed by atoms with Crippen molar-refractivity contribution in [1.82, 2.24) is 10.6 Å². The van der Waals surface area contributed by atoms with Gasteiger partial charge in [-0.2, -0.15) is 11.8 Å². The van der Waals surface area contributed by atoms with Gasteiger partial charge in [0.15, 0.2) is 15.8 Å². The van der Waals surface area contributed by atoms with Gasteiger partial charge in [0.2, 0.25) is 0 Å². The highest BCUT2D eigenvalue weighted by Crippen LogP contribution is 2.14. The van der Waals surface area contributed by atoms with E-state index in [1.165, 1.54) is 18.2 Å². The average Bonchev–Trinajstić information content (AvgIpc) is 2.48. The smallest absolute Gasteiger partial charge is 0.191 e. The maximum Gasteiger partial charge on any atom is 0.191 e. The Morgan fingerprint density at radius 3 is 2.61 bits per heavy atom. The molecule has 23 heavy (non-hydrogen) atoms. The predicted octanol–water partition coefficient (Wildman–Crippen LogP) is 1.79. The van der Waals surface area contributed by atoms with Crippen molar-refractivity contribution < 1.29 is 12.8 Å². The van der Waals surface area contributed by atoms with Gasteiger partial charge < -0.3 is 10.6 Å². The Kier molecular flexibility index (Phi) is 7.84. The van der Waals surface area contributed by atoms with Crippen molar-refractivity contribution in [2.45, 2.75) is 24.5 Å². The summed E-state index contributed by atoms with van der Waals surface area (Å²) >= 11 is 1.74. The molecule has 0 aromatic heterocycles. The first-order chi connectivity index (χ1) is 10.7. The van der Waals surface area contributed by atoms with Crippen molar-refractivity contribution in [2.24, 2.45) is 4.99 Å². The van der Waals surface area contributed by atoms with E-state index in [1.54, 1.807) is 18.8 Å². The van der Waals surface area contributed by atoms with Crippen LogP contribution in [0.25, 0.3) is 0 Å². The van der Waals surface area contributed by atoms with E-state index in [0.717, 1.165) is 12.8 Å². The van der Waals surface area contributed by atoms with Gasteiger partial charge in [0.25, 0.3) is 0 Å². The molecule has 0 aliphatic heterocycles. The number of benzene rings is 1. The number of hydrogen-bond acceptors (Lipinski definition) is 4. The minimum Gasteiger partial charge on any atom is -0.355 e. The van der Waals surface area contributed by atoms with E-state index in [-0.39, 0.29) is 5.75 Å². The van der Waals surface area contributed by atoms with Crippen molar-refractivity contribution in [3.63, 3.8) is 0 Å². The summed E-state index contributed by atoms with van der Waals surface area (Å²) in [7, 11) is -1.53. The first kappa shape index (κ1) is 19.8. The lowest BCUT2D eigenvalue weighted by atomic mass is 10.1. The van der Waals surface area contributed by atoms with Gasteiger partial charge in [-0.1, -0.05) is 13.0 Å². The zero-order chi connectivity index (χ0) is 17.5. The van der Waals surface area contributed by atoms with Gasteiger partial charge in [0.1, 0.15) is 5.82 Å². The number of rotatable bonds is 7. The minimum atomic E-state index is -3.18. The summed E-state index contributed by atoms with van der Waals surface area (Å²) in [4.78, 5) is 4.11. The van der Waals surface area contributed by atoms with Crippen molar-refractivity contribution >= 4 is 27.6 Å². The molecule has 0 spiro atoms. The van der Waals surface area contributed by atoms with Gasteiger partial charge in [-0.05, 0) is 29.5 Å². The first-order valence-corrected chi connectivity index (χ1v) is 10.5. The molecule has 130 valence electrons. The lowest BCUT2D eigenvalue weighted by molar-refractivity contribution is 0.599. The van der Waals surface area contributed by atoms with Crippen LogP contribution >= 0.6 is 11.8 Å². The normalized spacial score (nSPS) is 13.7. The highest BCUT2D eigenvalue weighted by atomic mass is 32.2. The second kappa shape index (κ2) is 9.12. The van der Waals surface area contributed by atoms with Crippen LogP contribution in [-0.4, -0.2) is 45.7 Å². The van der Waals surface area contributed by atoms with Gasteiger partial charge >= 0.3 is 0 Å². The molecule has 0 bridgehead atoms. The van der Waals surface area contributed by atoms with Crippen LogP contribution < -0.4 is 10.6 Å². The molecule has 0 aliphatic carbocycles. The third kappa shape index (κ3) is 7.69. The van der Waals surface area contributed by atoms with Crippen LogP contribution in [0.1, 0.15) is 18.1 Å². The molecule has 0 heterocycles. The second-order valence-corrected chi connectivity index (χ2v) is 8.75. The molecule has 1 unspecified atom stereocenters. The Balaban J connectivity index is 2.77. The molecule has 0 fully saturated rings. The summed E-state index contributed by atoms with van der Waals surface area (Å²) in [5, 5.41) is 6.70. The summed E-state index contributed by atoms with van der Waals surface area (Å²) in [5.74, 6) is 0.0956. The molecule has 1 atom stereocenters. The van der Waals surface area contributed by atoms with E-state index in [9.17, 15) is 12.8 Å². The van der Waals surface area contributed by atoms with Crippen LogP contribution in [0.5, 0.6) is 0 Å². The molecule has 0 radical (unpaired) electrons. The van der Waals surface area contributed by atoms with Gasteiger partial charge in [-0.3, -0.25) is 4.99 Å². The van der Waals surface area contributed by atoms with Crippen LogP contribution in [-0.2, 0) is 22.1 Å². The van der Waals surface area contributed by atoms with Crippen LogP contribution in [0, 0.1) is 5.82 Å². The maximum absolute atomic E-state index is 13.5. The summed E-state index contributed by atoms with van der Waals surface area (Å²) in [6.07, 6.45) is 3.20. The minimum absolute atomic E-state index is 0.111. The third-order valence-corrected chi connectivity index (χ3v) is 5.02. The van der Waals surface area contributed by atoms with E-state index in [4.69, 9.17) is 0 Å². The van der Waals surface area contributed by atoms with Crippen molar-refractivity contribution in [1.29, 1.82) is 0 Å². The zero-order valence-electron chi connectivity index (χ0n) is 13.9. The molecule has 0 saturated carbocycles. The van der Waals surface area contributed by atoms with Crippen molar-refractivity contribution in [3.8, 4) is 0 Å². The van der Waals surface area contributed by atoms with Crippen LogP contribution in [0.4, 0.5) is 4.39 Å². The third-order valence-electron chi connectivity index (χ3n) is 3.22. The van der Waals surface area contributed by atoms with Gasteiger partial charge in [0.05, 0.1) is 5.75 Å². The van der Waals surface area contributed by atoms with E-state index in [0.29, 0.717) is 28.9 Å². The topological polar surface area (TPSA) is 70.6 Å². The fraction of sp³-hybridized carbons (Fsp3) is 0.533. The first-order valence-electron chi connectivity index (χ1n) is 7.17. The lowest BCUT2D eigenvalue weighted by Crippen LogP contribution is -2.39. The Hall–Kier alpha value is -1.28. The monoisotopic (exact) mass is 361 g/mol. The molecule has 0 amide bonds. The van der Waals surface area contributed by atoms with Crippen molar-refractivity contribution in [2.75, 3.05) is 26.1 Å². The number of thioether (sulfide) groups is 1. The van der Waals surface area contributed by atoms with E-state index in [2.05, 4.69) is 22.5 Å². The molecular weight excluding hydrogens is 337 g/mol. The summed E-state index contributed by atoms with van der Waals surface area (Å²) < 4.78 is 36.4. The summed E-state index contributed by atoms with van der Waals surface area (Å²) in [6, 6.07) is 4.14. The Morgan fingerprint density at radius 1 is 1.35 bits per heavy atom. The summed E-state index contributed by atoms with van der Waals surface area (Å²) in [6.45, 7) is 3.15. The van der Waals surface area contributed by atoms with Gasteiger partial charge in [-0.15, -0.1) is 0 Å². The molecule has 8 heteroatoms. The second-order valence-electron chi connectivity index (χ2n) is 5.34. The SMILES string of the molecule is CN=C(NCc1cc(F)ccc1CS(C)(=O)=O)NCC(C)SC. The van der Waals surface area contributed by atoms with Crippen molar-refractivity contribution in [3.05, 3.63) is 35.1 Å². The lowest BCUT2D eigenvalue weighted by Gasteiger charge is -2.16. The number of guanidine groups is 1. The molecular formula is C15H24FN3O2S2. The quantitative estimate of drug-likeness (QED) is 0.572. The Bertz CT molecular complexity index is 648. The molecule has 1 rings (SSSR count).